The number of nitrogens with one attached hydrogen (secondary N) is 2. The van der Waals surface area contributed by atoms with Crippen molar-refractivity contribution >= 4 is 31.6 Å². The fourth-order valence-corrected chi connectivity index (χ4v) is 6.57. The highest BCUT2D eigenvalue weighted by atomic mass is 32.2. The van der Waals surface area contributed by atoms with Crippen molar-refractivity contribution in [2.75, 3.05) is 25.0 Å². The van der Waals surface area contributed by atoms with E-state index in [1.165, 1.54) is 16.4 Å². The van der Waals surface area contributed by atoms with E-state index in [-0.39, 0.29) is 22.8 Å². The Kier molecular flexibility index (Phi) is 7.94. The normalized spacial score (nSPS) is 15.4. The average Bonchev–Trinajstić information content (AvgIpc) is 2.77. The molecule has 1 fully saturated rings. The summed E-state index contributed by atoms with van der Waals surface area (Å²) in [6, 6.07) is 9.63. The zero-order valence-corrected chi connectivity index (χ0v) is 20.9. The first-order valence-electron chi connectivity index (χ1n) is 11.0. The second-order valence-corrected chi connectivity index (χ2v) is 12.1. The van der Waals surface area contributed by atoms with Gasteiger partial charge < -0.3 is 5.32 Å². The van der Waals surface area contributed by atoms with Gasteiger partial charge in [-0.05, 0) is 74.6 Å². The van der Waals surface area contributed by atoms with Crippen LogP contribution >= 0.6 is 0 Å². The van der Waals surface area contributed by atoms with E-state index >= 15 is 0 Å². The maximum absolute atomic E-state index is 13.0. The van der Waals surface area contributed by atoms with E-state index in [4.69, 9.17) is 0 Å². The number of aryl methyl sites for hydroxylation is 3. The Labute approximate surface area is 196 Å². The molecule has 0 unspecified atom stereocenters. The molecular weight excluding hydrogens is 462 g/mol. The lowest BCUT2D eigenvalue weighted by Gasteiger charge is -2.26. The maximum atomic E-state index is 13.0. The highest BCUT2D eigenvalue weighted by molar-refractivity contribution is 7.89. The number of amides is 1. The molecule has 180 valence electrons. The van der Waals surface area contributed by atoms with Crippen molar-refractivity contribution in [1.29, 1.82) is 0 Å². The third-order valence-electron chi connectivity index (χ3n) is 5.84. The number of anilines is 1. The van der Waals surface area contributed by atoms with Crippen molar-refractivity contribution in [3.05, 3.63) is 53.1 Å². The number of rotatable bonds is 8. The van der Waals surface area contributed by atoms with Crippen LogP contribution < -0.4 is 10.0 Å². The minimum absolute atomic E-state index is 0.0775. The first kappa shape index (κ1) is 25.4. The number of nitrogens with zero attached hydrogens (tertiary/aromatic N) is 1. The highest BCUT2D eigenvalue weighted by Gasteiger charge is 2.27. The minimum Gasteiger partial charge on any atom is -0.326 e. The maximum Gasteiger partial charge on any atom is 0.243 e. The molecule has 0 atom stereocenters. The lowest BCUT2D eigenvalue weighted by atomic mass is 10.1. The molecular formula is C23H31N3O5S2. The van der Waals surface area contributed by atoms with Gasteiger partial charge in [0.15, 0.2) is 0 Å². The van der Waals surface area contributed by atoms with E-state index in [2.05, 4.69) is 10.0 Å². The molecule has 33 heavy (non-hydrogen) atoms. The number of hydrogen-bond acceptors (Lipinski definition) is 5. The van der Waals surface area contributed by atoms with Crippen LogP contribution in [0.5, 0.6) is 0 Å². The van der Waals surface area contributed by atoms with Gasteiger partial charge in [0.25, 0.3) is 0 Å². The summed E-state index contributed by atoms with van der Waals surface area (Å²) in [5.74, 6) is -0.414. The van der Waals surface area contributed by atoms with Crippen molar-refractivity contribution in [2.45, 2.75) is 56.2 Å². The summed E-state index contributed by atoms with van der Waals surface area (Å²) >= 11 is 0. The molecule has 0 bridgehead atoms. The Morgan fingerprint density at radius 2 is 1.55 bits per heavy atom. The van der Waals surface area contributed by atoms with Gasteiger partial charge in [-0.2, -0.15) is 4.31 Å². The van der Waals surface area contributed by atoms with Gasteiger partial charge in [-0.15, -0.1) is 0 Å². The van der Waals surface area contributed by atoms with E-state index in [0.717, 1.165) is 30.4 Å². The van der Waals surface area contributed by atoms with Gasteiger partial charge >= 0.3 is 0 Å². The number of piperidine rings is 1. The standard InChI is InChI=1S/C23H31N3O5S2/c1-17-8-10-21(15-19(17)3)32(28,29)24-12-11-23(27)25-20-9-7-18(2)22(16-20)33(30,31)26-13-5-4-6-14-26/h7-10,15-16,24H,4-6,11-14H2,1-3H3,(H,25,27). The van der Waals surface area contributed by atoms with Crippen LogP contribution in [0, 0.1) is 20.8 Å². The largest absolute Gasteiger partial charge is 0.326 e. The van der Waals surface area contributed by atoms with Crippen LogP contribution in [0.4, 0.5) is 5.69 Å². The number of sulfonamides is 2. The first-order chi connectivity index (χ1) is 15.5. The molecule has 0 aromatic heterocycles. The second-order valence-electron chi connectivity index (χ2n) is 8.39. The molecule has 1 aliphatic heterocycles. The predicted molar refractivity (Wildman–Crippen MR) is 128 cm³/mol. The summed E-state index contributed by atoms with van der Waals surface area (Å²) in [5, 5.41) is 2.67. The Balaban J connectivity index is 1.62. The third kappa shape index (κ3) is 6.20. The molecule has 1 saturated heterocycles. The Morgan fingerprint density at radius 1 is 0.879 bits per heavy atom. The molecule has 10 heteroatoms. The minimum atomic E-state index is -3.73. The predicted octanol–water partition coefficient (Wildman–Crippen LogP) is 3.09. The molecule has 0 aliphatic carbocycles. The molecule has 3 rings (SSSR count). The lowest BCUT2D eigenvalue weighted by Crippen LogP contribution is -2.36. The van der Waals surface area contributed by atoms with Crippen molar-refractivity contribution < 1.29 is 21.6 Å². The van der Waals surface area contributed by atoms with Crippen molar-refractivity contribution in [3.63, 3.8) is 0 Å². The van der Waals surface area contributed by atoms with Gasteiger partial charge in [0.05, 0.1) is 9.79 Å². The molecule has 2 aromatic carbocycles. The fourth-order valence-electron chi connectivity index (χ4n) is 3.69. The van der Waals surface area contributed by atoms with E-state index in [1.54, 1.807) is 31.2 Å². The fraction of sp³-hybridized carbons (Fsp3) is 0.435. The summed E-state index contributed by atoms with van der Waals surface area (Å²) in [7, 11) is -7.36. The Hall–Kier alpha value is -2.27. The Morgan fingerprint density at radius 3 is 2.21 bits per heavy atom. The molecule has 1 amide bonds. The van der Waals surface area contributed by atoms with Crippen molar-refractivity contribution in [1.82, 2.24) is 9.03 Å². The van der Waals surface area contributed by atoms with Crippen LogP contribution in [0.1, 0.15) is 42.4 Å². The summed E-state index contributed by atoms with van der Waals surface area (Å²) < 4.78 is 54.9. The molecule has 0 radical (unpaired) electrons. The second kappa shape index (κ2) is 10.3. The van der Waals surface area contributed by atoms with E-state index in [0.29, 0.717) is 24.3 Å². The van der Waals surface area contributed by atoms with Crippen LogP contribution in [-0.4, -0.2) is 46.7 Å². The summed E-state index contributed by atoms with van der Waals surface area (Å²) in [6.45, 7) is 6.38. The number of benzene rings is 2. The molecule has 0 spiro atoms. The van der Waals surface area contributed by atoms with Gasteiger partial charge in [0.1, 0.15) is 0 Å². The molecule has 1 aliphatic rings. The van der Waals surface area contributed by atoms with Gasteiger partial charge in [0, 0.05) is 31.7 Å². The zero-order chi connectivity index (χ0) is 24.2. The summed E-state index contributed by atoms with van der Waals surface area (Å²) in [6.07, 6.45) is 2.61. The molecule has 1 heterocycles. The van der Waals surface area contributed by atoms with E-state index in [9.17, 15) is 21.6 Å². The van der Waals surface area contributed by atoms with Crippen LogP contribution in [0.2, 0.25) is 0 Å². The molecule has 8 nitrogen and oxygen atoms in total. The smallest absolute Gasteiger partial charge is 0.243 e. The zero-order valence-electron chi connectivity index (χ0n) is 19.2. The van der Waals surface area contributed by atoms with Crippen LogP contribution in [0.3, 0.4) is 0 Å². The summed E-state index contributed by atoms with van der Waals surface area (Å²) in [5.41, 5.74) is 2.83. The van der Waals surface area contributed by atoms with Crippen LogP contribution in [-0.2, 0) is 24.8 Å². The summed E-state index contributed by atoms with van der Waals surface area (Å²) in [4.78, 5) is 12.7. The first-order valence-corrected chi connectivity index (χ1v) is 13.9. The highest BCUT2D eigenvalue weighted by Crippen LogP contribution is 2.26. The van der Waals surface area contributed by atoms with Crippen LogP contribution in [0.15, 0.2) is 46.2 Å². The van der Waals surface area contributed by atoms with Crippen molar-refractivity contribution in [2.24, 2.45) is 0 Å². The van der Waals surface area contributed by atoms with Gasteiger partial charge in [0.2, 0.25) is 26.0 Å². The van der Waals surface area contributed by atoms with E-state index < -0.39 is 26.0 Å². The number of carbonyl (C=O) groups excluding carboxylic acids is 1. The van der Waals surface area contributed by atoms with Crippen LogP contribution in [0.25, 0.3) is 0 Å². The number of carbonyl (C=O) groups is 1. The average molecular weight is 494 g/mol. The lowest BCUT2D eigenvalue weighted by molar-refractivity contribution is -0.116. The SMILES string of the molecule is Cc1ccc(S(=O)(=O)NCCC(=O)Nc2ccc(C)c(S(=O)(=O)N3CCCCC3)c2)cc1C. The van der Waals surface area contributed by atoms with Crippen molar-refractivity contribution in [3.8, 4) is 0 Å². The topological polar surface area (TPSA) is 113 Å². The molecule has 2 N–H and O–H groups in total. The van der Waals surface area contributed by atoms with Gasteiger partial charge in [-0.25, -0.2) is 21.6 Å². The molecule has 0 saturated carbocycles. The molecule has 2 aromatic rings. The third-order valence-corrected chi connectivity index (χ3v) is 9.34. The van der Waals surface area contributed by atoms with Gasteiger partial charge in [-0.1, -0.05) is 18.6 Å². The quantitative estimate of drug-likeness (QED) is 0.587. The monoisotopic (exact) mass is 493 g/mol. The van der Waals surface area contributed by atoms with E-state index in [1.807, 2.05) is 13.8 Å². The van der Waals surface area contributed by atoms with Gasteiger partial charge in [-0.3, -0.25) is 4.79 Å². The number of hydrogen-bond donors (Lipinski definition) is 2. The Bertz CT molecular complexity index is 1230.